The molecule has 1 unspecified atom stereocenters. The summed E-state index contributed by atoms with van der Waals surface area (Å²) in [5, 5.41) is 2.55. The van der Waals surface area contributed by atoms with E-state index in [9.17, 15) is 14.3 Å². The molecule has 28 heavy (non-hydrogen) atoms. The molecule has 0 radical (unpaired) electrons. The second kappa shape index (κ2) is 9.03. The average molecular weight is 405 g/mol. The van der Waals surface area contributed by atoms with Gasteiger partial charge in [-0.3, -0.25) is 13.8 Å². The quantitative estimate of drug-likeness (QED) is 0.287. The summed E-state index contributed by atoms with van der Waals surface area (Å²) in [5.41, 5.74) is 7.81. The van der Waals surface area contributed by atoms with Crippen LogP contribution in [0.25, 0.3) is 0 Å². The fraction of sp³-hybridized carbons (Fsp3) is 0.211. The number of carbonyl (C=O) groups is 1. The van der Waals surface area contributed by atoms with Gasteiger partial charge in [0, 0.05) is 23.5 Å². The zero-order valence-corrected chi connectivity index (χ0v) is 16.7. The van der Waals surface area contributed by atoms with Crippen LogP contribution < -0.4 is 25.0 Å². The lowest BCUT2D eigenvalue weighted by Crippen LogP contribution is -2.43. The Morgan fingerprint density at radius 3 is 2.39 bits per heavy atom. The molecule has 3 N–H and O–H groups in total. The SMILES string of the molecule is C=CC(=O)Nc1ccc(OP(=O)([O-])OCC[N+](C)(C)c2ccc(N)cc2)cc1. The summed E-state index contributed by atoms with van der Waals surface area (Å²) in [6.07, 6.45) is 1.13. The standard InChI is InChI=1S/C19H24N3O5P/c1-4-19(23)21-16-7-11-18(12-8-16)27-28(24,25)26-14-13-22(2,3)17-9-5-15(20)6-10-17/h4-12H,1,13-14,20H2,2-3H3,(H-,21,23,24,25). The van der Waals surface area contributed by atoms with Crippen LogP contribution >= 0.6 is 7.82 Å². The molecule has 0 aromatic heterocycles. The van der Waals surface area contributed by atoms with Gasteiger partial charge in [-0.1, -0.05) is 6.58 Å². The topological polar surface area (TPSA) is 114 Å². The smallest absolute Gasteiger partial charge is 0.319 e. The number of nitrogens with one attached hydrogen (secondary N) is 1. The number of benzene rings is 2. The van der Waals surface area contributed by atoms with Crippen LogP contribution in [-0.2, 0) is 13.9 Å². The van der Waals surface area contributed by atoms with Crippen LogP contribution in [0.2, 0.25) is 0 Å². The van der Waals surface area contributed by atoms with Crippen molar-refractivity contribution in [2.75, 3.05) is 38.3 Å². The zero-order chi connectivity index (χ0) is 20.8. The monoisotopic (exact) mass is 405 g/mol. The summed E-state index contributed by atoms with van der Waals surface area (Å²) in [6.45, 7) is 3.71. The van der Waals surface area contributed by atoms with Gasteiger partial charge < -0.3 is 25.0 Å². The molecule has 0 heterocycles. The van der Waals surface area contributed by atoms with Crippen LogP contribution in [-0.4, -0.2) is 33.2 Å². The predicted molar refractivity (Wildman–Crippen MR) is 109 cm³/mol. The van der Waals surface area contributed by atoms with E-state index in [2.05, 4.69) is 11.9 Å². The number of rotatable bonds is 9. The number of likely N-dealkylation sites (N-methyl/N-ethyl adjacent to an activating group) is 1. The fourth-order valence-electron chi connectivity index (χ4n) is 2.34. The molecule has 0 saturated carbocycles. The maximum Gasteiger partial charge on any atom is 0.319 e. The van der Waals surface area contributed by atoms with Gasteiger partial charge in [0.15, 0.2) is 0 Å². The number of quaternary nitrogens is 1. The predicted octanol–water partition coefficient (Wildman–Crippen LogP) is 2.52. The van der Waals surface area contributed by atoms with Crippen molar-refractivity contribution in [3.05, 3.63) is 61.2 Å². The Labute approximate surface area is 164 Å². The molecule has 2 aromatic carbocycles. The number of phosphoric ester groups is 1. The number of nitrogens with zero attached hydrogens (tertiary/aromatic N) is 1. The molecule has 0 aliphatic heterocycles. The third kappa shape index (κ3) is 6.51. The second-order valence-electron chi connectivity index (χ2n) is 6.59. The first-order chi connectivity index (χ1) is 13.1. The molecule has 0 aliphatic rings. The summed E-state index contributed by atoms with van der Waals surface area (Å²) in [7, 11) is -0.667. The molecule has 0 bridgehead atoms. The summed E-state index contributed by atoms with van der Waals surface area (Å²) < 4.78 is 22.4. The molecule has 2 rings (SSSR count). The number of hydrogen-bond acceptors (Lipinski definition) is 6. The Kier molecular flexibility index (Phi) is 6.99. The number of phosphoric acid groups is 1. The average Bonchev–Trinajstić information content (AvgIpc) is 2.63. The first-order valence-electron chi connectivity index (χ1n) is 8.49. The summed E-state index contributed by atoms with van der Waals surface area (Å²) >= 11 is 0. The van der Waals surface area contributed by atoms with Crippen molar-refractivity contribution in [3.63, 3.8) is 0 Å². The highest BCUT2D eigenvalue weighted by molar-refractivity contribution is 7.46. The van der Waals surface area contributed by atoms with Crippen LogP contribution in [0.3, 0.4) is 0 Å². The Morgan fingerprint density at radius 1 is 1.21 bits per heavy atom. The van der Waals surface area contributed by atoms with Crippen molar-refractivity contribution < 1.29 is 23.3 Å². The van der Waals surface area contributed by atoms with Crippen LogP contribution in [0, 0.1) is 0 Å². The highest BCUT2D eigenvalue weighted by Gasteiger charge is 2.21. The van der Waals surface area contributed by atoms with Gasteiger partial charge in [-0.25, -0.2) is 0 Å². The lowest BCUT2D eigenvalue weighted by Gasteiger charge is -2.30. The molecular formula is C19H24N3O5P. The Hall–Kier alpha value is -2.64. The van der Waals surface area contributed by atoms with Crippen molar-refractivity contribution in [1.29, 1.82) is 0 Å². The first kappa shape index (κ1) is 21.7. The van der Waals surface area contributed by atoms with E-state index in [1.54, 1.807) is 12.1 Å². The maximum atomic E-state index is 12.1. The van der Waals surface area contributed by atoms with Crippen LogP contribution in [0.5, 0.6) is 5.75 Å². The normalized spacial score (nSPS) is 13.4. The van der Waals surface area contributed by atoms with Gasteiger partial charge in [0.25, 0.3) is 0 Å². The van der Waals surface area contributed by atoms with E-state index in [-0.39, 0.29) is 18.3 Å². The van der Waals surface area contributed by atoms with Crippen LogP contribution in [0.4, 0.5) is 17.1 Å². The molecule has 1 amide bonds. The van der Waals surface area contributed by atoms with Gasteiger partial charge >= 0.3 is 7.82 Å². The molecule has 2 aromatic rings. The maximum absolute atomic E-state index is 12.1. The molecule has 0 spiro atoms. The van der Waals surface area contributed by atoms with Crippen molar-refractivity contribution in [3.8, 4) is 5.75 Å². The van der Waals surface area contributed by atoms with Gasteiger partial charge in [0.2, 0.25) is 5.91 Å². The van der Waals surface area contributed by atoms with E-state index in [0.717, 1.165) is 11.8 Å². The fourth-order valence-corrected chi connectivity index (χ4v) is 3.07. The molecule has 0 aliphatic carbocycles. The second-order valence-corrected chi connectivity index (χ2v) is 7.92. The number of hydrogen-bond donors (Lipinski definition) is 2. The van der Waals surface area contributed by atoms with E-state index < -0.39 is 7.82 Å². The Balaban J connectivity index is 1.89. The van der Waals surface area contributed by atoms with Crippen molar-refractivity contribution >= 4 is 30.8 Å². The Bertz CT molecular complexity index is 866. The van der Waals surface area contributed by atoms with Crippen molar-refractivity contribution in [2.45, 2.75) is 0 Å². The van der Waals surface area contributed by atoms with E-state index in [1.165, 1.54) is 24.3 Å². The van der Waals surface area contributed by atoms with Gasteiger partial charge in [0.05, 0.1) is 14.1 Å². The lowest BCUT2D eigenvalue weighted by molar-refractivity contribution is -0.217. The van der Waals surface area contributed by atoms with E-state index >= 15 is 0 Å². The van der Waals surface area contributed by atoms with Gasteiger partial charge in [0.1, 0.15) is 24.6 Å². The minimum Gasteiger partial charge on any atom is -0.746 e. The molecule has 9 heteroatoms. The molecule has 1 atom stereocenters. The lowest BCUT2D eigenvalue weighted by atomic mass is 10.2. The number of nitrogen functional groups attached to an aromatic ring is 1. The third-order valence-corrected chi connectivity index (χ3v) is 4.95. The molecule has 0 saturated heterocycles. The zero-order valence-electron chi connectivity index (χ0n) is 15.8. The minimum atomic E-state index is -4.53. The van der Waals surface area contributed by atoms with Crippen LogP contribution in [0.15, 0.2) is 61.2 Å². The number of carbonyl (C=O) groups excluding carboxylic acids is 1. The third-order valence-electron chi connectivity index (χ3n) is 4.02. The van der Waals surface area contributed by atoms with E-state index in [0.29, 0.717) is 22.4 Å². The van der Waals surface area contributed by atoms with Crippen LogP contribution in [0.1, 0.15) is 0 Å². The highest BCUT2D eigenvalue weighted by Crippen LogP contribution is 2.39. The first-order valence-corrected chi connectivity index (χ1v) is 9.95. The number of nitrogens with two attached hydrogens (primary N) is 1. The molecule has 8 nitrogen and oxygen atoms in total. The number of amides is 1. The van der Waals surface area contributed by atoms with E-state index in [4.69, 9.17) is 14.8 Å². The summed E-state index contributed by atoms with van der Waals surface area (Å²) in [6, 6.07) is 13.2. The summed E-state index contributed by atoms with van der Waals surface area (Å²) in [4.78, 5) is 23.3. The molecule has 150 valence electrons. The Morgan fingerprint density at radius 2 is 1.82 bits per heavy atom. The van der Waals surface area contributed by atoms with Crippen molar-refractivity contribution in [1.82, 2.24) is 4.48 Å². The molecule has 0 fully saturated rings. The minimum absolute atomic E-state index is 0.0500. The highest BCUT2D eigenvalue weighted by atomic mass is 31.2. The van der Waals surface area contributed by atoms with E-state index in [1.807, 2.05) is 26.2 Å². The van der Waals surface area contributed by atoms with Crippen molar-refractivity contribution in [2.24, 2.45) is 0 Å². The molecular weight excluding hydrogens is 381 g/mol. The van der Waals surface area contributed by atoms with Gasteiger partial charge in [-0.05, 0) is 42.5 Å². The number of anilines is 2. The largest absolute Gasteiger partial charge is 0.746 e. The van der Waals surface area contributed by atoms with Gasteiger partial charge in [-0.15, -0.1) is 0 Å². The summed E-state index contributed by atoms with van der Waals surface area (Å²) in [5.74, 6) is -0.282. The van der Waals surface area contributed by atoms with Gasteiger partial charge in [-0.2, -0.15) is 0 Å².